The van der Waals surface area contributed by atoms with Crippen molar-refractivity contribution in [2.24, 2.45) is 0 Å². The molecule has 0 unspecified atom stereocenters. The van der Waals surface area contributed by atoms with E-state index in [-0.39, 0.29) is 17.7 Å². The summed E-state index contributed by atoms with van der Waals surface area (Å²) in [4.78, 5) is 31.9. The second kappa shape index (κ2) is 9.19. The summed E-state index contributed by atoms with van der Waals surface area (Å²) < 4.78 is 5.74. The minimum atomic E-state index is -0.156. The monoisotopic (exact) mass is 459 g/mol. The number of aromatic nitrogens is 1. The normalized spacial score (nSPS) is 14.5. The molecule has 0 aliphatic carbocycles. The molecule has 1 saturated heterocycles. The van der Waals surface area contributed by atoms with Crippen LogP contribution in [0.25, 0.3) is 11.0 Å². The molecule has 4 aromatic rings. The Balaban J connectivity index is 1.17. The number of nitrogens with zero attached hydrogens (tertiary/aromatic N) is 2. The van der Waals surface area contributed by atoms with Gasteiger partial charge in [0.2, 0.25) is 0 Å². The number of carbonyl (C=O) groups excluding carboxylic acids is 2. The Morgan fingerprint density at radius 3 is 2.73 bits per heavy atom. The summed E-state index contributed by atoms with van der Waals surface area (Å²) >= 11 is 1.52. The fourth-order valence-corrected chi connectivity index (χ4v) is 5.22. The molecule has 0 bridgehead atoms. The van der Waals surface area contributed by atoms with Crippen LogP contribution >= 0.6 is 11.3 Å². The molecule has 168 valence electrons. The fraction of sp³-hybridized carbons (Fsp3) is 0.269. The van der Waals surface area contributed by atoms with Crippen LogP contribution in [-0.4, -0.2) is 34.8 Å². The third-order valence-electron chi connectivity index (χ3n) is 6.06. The molecule has 1 aliphatic heterocycles. The third kappa shape index (κ3) is 4.68. The lowest BCUT2D eigenvalue weighted by atomic mass is 9.97. The number of rotatable bonds is 5. The lowest BCUT2D eigenvalue weighted by molar-refractivity contribution is 0.0683. The largest absolute Gasteiger partial charge is 0.451 e. The van der Waals surface area contributed by atoms with E-state index in [0.29, 0.717) is 31.1 Å². The van der Waals surface area contributed by atoms with Crippen molar-refractivity contribution in [1.82, 2.24) is 15.2 Å². The zero-order valence-corrected chi connectivity index (χ0v) is 19.2. The Morgan fingerprint density at radius 1 is 1.12 bits per heavy atom. The van der Waals surface area contributed by atoms with Crippen molar-refractivity contribution in [3.8, 4) is 0 Å². The summed E-state index contributed by atoms with van der Waals surface area (Å²) in [5, 5.41) is 6.68. The zero-order chi connectivity index (χ0) is 22.8. The first-order valence-corrected chi connectivity index (χ1v) is 12.0. The molecule has 33 heavy (non-hydrogen) atoms. The summed E-state index contributed by atoms with van der Waals surface area (Å²) in [6.07, 6.45) is 1.65. The number of hydrogen-bond acceptors (Lipinski definition) is 5. The highest BCUT2D eigenvalue weighted by atomic mass is 32.1. The summed E-state index contributed by atoms with van der Waals surface area (Å²) in [6.45, 7) is 3.81. The van der Waals surface area contributed by atoms with Crippen LogP contribution in [0, 0.1) is 6.92 Å². The Labute approximate surface area is 196 Å². The Bertz CT molecular complexity index is 1270. The van der Waals surface area contributed by atoms with Crippen molar-refractivity contribution >= 4 is 34.1 Å². The van der Waals surface area contributed by atoms with Crippen molar-refractivity contribution in [1.29, 1.82) is 0 Å². The number of likely N-dealkylation sites (tertiary alicyclic amines) is 1. The standard InChI is InChI=1S/C26H25N3O3S/c1-17-5-4-6-18(13-17)15-27-24(30)21-16-33-25(28-21)19-9-11-29(12-10-19)26(31)23-14-20-7-2-3-8-22(20)32-23/h2-8,13-14,16,19H,9-12,15H2,1H3,(H,27,30). The zero-order valence-electron chi connectivity index (χ0n) is 18.4. The van der Waals surface area contributed by atoms with Crippen molar-refractivity contribution in [3.63, 3.8) is 0 Å². The summed E-state index contributed by atoms with van der Waals surface area (Å²) in [5.74, 6) is 0.418. The van der Waals surface area contributed by atoms with E-state index >= 15 is 0 Å². The molecule has 3 heterocycles. The molecule has 2 aromatic carbocycles. The van der Waals surface area contributed by atoms with Gasteiger partial charge in [-0.3, -0.25) is 9.59 Å². The maximum atomic E-state index is 12.9. The molecule has 6 nitrogen and oxygen atoms in total. The molecule has 0 atom stereocenters. The van der Waals surface area contributed by atoms with Gasteiger partial charge in [0, 0.05) is 36.3 Å². The average molecular weight is 460 g/mol. The quantitative estimate of drug-likeness (QED) is 0.448. The first kappa shape index (κ1) is 21.4. The van der Waals surface area contributed by atoms with Gasteiger partial charge in [-0.25, -0.2) is 4.98 Å². The molecular formula is C26H25N3O3S. The van der Waals surface area contributed by atoms with Gasteiger partial charge in [-0.2, -0.15) is 0 Å². The number of furan rings is 1. The highest BCUT2D eigenvalue weighted by Gasteiger charge is 2.28. The van der Waals surface area contributed by atoms with Crippen LogP contribution in [0.1, 0.15) is 55.9 Å². The van der Waals surface area contributed by atoms with Crippen molar-refractivity contribution in [2.75, 3.05) is 13.1 Å². The van der Waals surface area contributed by atoms with Gasteiger partial charge in [-0.05, 0) is 37.5 Å². The van der Waals surface area contributed by atoms with E-state index in [1.54, 1.807) is 0 Å². The van der Waals surface area contributed by atoms with Crippen LogP contribution < -0.4 is 5.32 Å². The van der Waals surface area contributed by atoms with Crippen LogP contribution in [0.15, 0.2) is 64.4 Å². The first-order valence-electron chi connectivity index (χ1n) is 11.1. The van der Waals surface area contributed by atoms with E-state index in [1.807, 2.05) is 65.7 Å². The summed E-state index contributed by atoms with van der Waals surface area (Å²) in [7, 11) is 0. The van der Waals surface area contributed by atoms with Crippen molar-refractivity contribution in [3.05, 3.63) is 87.6 Å². The van der Waals surface area contributed by atoms with Gasteiger partial charge >= 0.3 is 0 Å². The Hall–Kier alpha value is -3.45. The summed E-state index contributed by atoms with van der Waals surface area (Å²) in [6, 6.07) is 17.5. The Kier molecular flexibility index (Phi) is 5.96. The molecule has 2 amide bonds. The van der Waals surface area contributed by atoms with Gasteiger partial charge in [0.25, 0.3) is 11.8 Å². The van der Waals surface area contributed by atoms with Gasteiger partial charge in [0.15, 0.2) is 5.76 Å². The van der Waals surface area contributed by atoms with Gasteiger partial charge < -0.3 is 14.6 Å². The minimum absolute atomic E-state index is 0.0694. The molecule has 0 saturated carbocycles. The van der Waals surface area contributed by atoms with Crippen LogP contribution in [0.3, 0.4) is 0 Å². The van der Waals surface area contributed by atoms with E-state index in [4.69, 9.17) is 4.42 Å². The molecule has 0 radical (unpaired) electrons. The topological polar surface area (TPSA) is 75.4 Å². The van der Waals surface area contributed by atoms with E-state index in [0.717, 1.165) is 34.4 Å². The number of carbonyl (C=O) groups is 2. The smallest absolute Gasteiger partial charge is 0.289 e. The maximum absolute atomic E-state index is 12.9. The van der Waals surface area contributed by atoms with Crippen LogP contribution in [0.4, 0.5) is 0 Å². The highest BCUT2D eigenvalue weighted by Crippen LogP contribution is 2.31. The van der Waals surface area contributed by atoms with Gasteiger partial charge in [0.05, 0.1) is 5.01 Å². The molecule has 1 N–H and O–H groups in total. The van der Waals surface area contributed by atoms with Gasteiger partial charge in [-0.15, -0.1) is 11.3 Å². The number of para-hydroxylation sites is 1. The molecule has 0 spiro atoms. The molecule has 5 rings (SSSR count). The van der Waals surface area contributed by atoms with E-state index < -0.39 is 0 Å². The predicted octanol–water partition coefficient (Wildman–Crippen LogP) is 5.15. The maximum Gasteiger partial charge on any atom is 0.289 e. The highest BCUT2D eigenvalue weighted by molar-refractivity contribution is 7.09. The van der Waals surface area contributed by atoms with Crippen LogP contribution in [0.2, 0.25) is 0 Å². The molecule has 2 aromatic heterocycles. The number of nitrogens with one attached hydrogen (secondary N) is 1. The van der Waals surface area contributed by atoms with E-state index in [2.05, 4.69) is 16.4 Å². The SMILES string of the molecule is Cc1cccc(CNC(=O)c2csc(C3CCN(C(=O)c4cc5ccccc5o4)CC3)n2)c1. The van der Waals surface area contributed by atoms with Crippen LogP contribution in [0.5, 0.6) is 0 Å². The molecular weight excluding hydrogens is 434 g/mol. The predicted molar refractivity (Wildman–Crippen MR) is 129 cm³/mol. The van der Waals surface area contributed by atoms with Gasteiger partial charge in [0.1, 0.15) is 11.3 Å². The van der Waals surface area contributed by atoms with Crippen molar-refractivity contribution < 1.29 is 14.0 Å². The number of hydrogen-bond donors (Lipinski definition) is 1. The van der Waals surface area contributed by atoms with E-state index in [9.17, 15) is 9.59 Å². The number of benzene rings is 2. The minimum Gasteiger partial charge on any atom is -0.451 e. The van der Waals surface area contributed by atoms with Crippen LogP contribution in [-0.2, 0) is 6.54 Å². The molecule has 7 heteroatoms. The lowest BCUT2D eigenvalue weighted by Gasteiger charge is -2.30. The summed E-state index contributed by atoms with van der Waals surface area (Å²) in [5.41, 5.74) is 3.43. The second-order valence-electron chi connectivity index (χ2n) is 8.46. The molecule has 1 aliphatic rings. The second-order valence-corrected chi connectivity index (χ2v) is 9.35. The third-order valence-corrected chi connectivity index (χ3v) is 7.07. The number of amides is 2. The van der Waals surface area contributed by atoms with Gasteiger partial charge in [-0.1, -0.05) is 48.0 Å². The average Bonchev–Trinajstić information content (AvgIpc) is 3.50. The number of aryl methyl sites for hydroxylation is 1. The molecule has 1 fully saturated rings. The fourth-order valence-electron chi connectivity index (χ4n) is 4.25. The number of thiazole rings is 1. The Morgan fingerprint density at radius 2 is 1.94 bits per heavy atom. The van der Waals surface area contributed by atoms with E-state index in [1.165, 1.54) is 16.9 Å². The lowest BCUT2D eigenvalue weighted by Crippen LogP contribution is -2.37. The van der Waals surface area contributed by atoms with Crippen molar-refractivity contribution in [2.45, 2.75) is 32.2 Å². The first-order chi connectivity index (χ1) is 16.1. The number of piperidine rings is 1. The number of fused-ring (bicyclic) bond motifs is 1.